The molecule has 1 atom stereocenters. The average molecular weight is 420 g/mol. The minimum absolute atomic E-state index is 0.127. The standard InChI is InChI=1S/C20H25N3O3S2/c1-13-11-18(23-26-13)22-20(25)14(2)27-12-19(24)21-15-7-9-17(10-8-15)28-16-5-3-4-6-16/h7-11,14,16H,3-6,12H2,1-2H3,(H,21,24)(H,22,23,25)/t14-/m1/s1. The number of hydrogen-bond donors (Lipinski definition) is 2. The SMILES string of the molecule is Cc1cc(NC(=O)[C@@H](C)SCC(=O)Nc2ccc(SC3CCCC3)cc2)no1. The Morgan fingerprint density at radius 1 is 1.21 bits per heavy atom. The third-order valence-corrected chi connectivity index (χ3v) is 6.95. The summed E-state index contributed by atoms with van der Waals surface area (Å²) in [5, 5.41) is 9.63. The summed E-state index contributed by atoms with van der Waals surface area (Å²) in [6, 6.07) is 9.63. The summed E-state index contributed by atoms with van der Waals surface area (Å²) in [7, 11) is 0. The zero-order chi connectivity index (χ0) is 19.9. The Morgan fingerprint density at radius 3 is 2.57 bits per heavy atom. The maximum absolute atomic E-state index is 12.2. The summed E-state index contributed by atoms with van der Waals surface area (Å²) in [6.07, 6.45) is 5.25. The number of benzene rings is 1. The molecule has 0 saturated heterocycles. The van der Waals surface area contributed by atoms with E-state index in [2.05, 4.69) is 27.9 Å². The van der Waals surface area contributed by atoms with E-state index in [1.54, 1.807) is 19.9 Å². The largest absolute Gasteiger partial charge is 0.360 e. The molecule has 8 heteroatoms. The number of thioether (sulfide) groups is 2. The van der Waals surface area contributed by atoms with Crippen LogP contribution in [0.4, 0.5) is 11.5 Å². The van der Waals surface area contributed by atoms with Gasteiger partial charge < -0.3 is 15.2 Å². The second-order valence-corrected chi connectivity index (χ2v) is 9.57. The van der Waals surface area contributed by atoms with Crippen LogP contribution >= 0.6 is 23.5 Å². The molecule has 1 aromatic heterocycles. The first-order valence-corrected chi connectivity index (χ1v) is 11.3. The molecule has 150 valence electrons. The van der Waals surface area contributed by atoms with Crippen molar-refractivity contribution in [1.29, 1.82) is 0 Å². The molecule has 6 nitrogen and oxygen atoms in total. The molecular formula is C20H25N3O3S2. The molecule has 2 aromatic rings. The summed E-state index contributed by atoms with van der Waals surface area (Å²) in [5.74, 6) is 0.875. The Labute approximate surface area is 173 Å². The summed E-state index contributed by atoms with van der Waals surface area (Å²) in [5.41, 5.74) is 0.775. The smallest absolute Gasteiger partial charge is 0.238 e. The Bertz CT molecular complexity index is 801. The number of carbonyl (C=O) groups is 2. The highest BCUT2D eigenvalue weighted by Gasteiger charge is 2.18. The first-order chi connectivity index (χ1) is 13.5. The number of hydrogen-bond acceptors (Lipinski definition) is 6. The number of carbonyl (C=O) groups excluding carboxylic acids is 2. The molecule has 0 aliphatic heterocycles. The fraction of sp³-hybridized carbons (Fsp3) is 0.450. The van der Waals surface area contributed by atoms with Gasteiger partial charge in [-0.3, -0.25) is 9.59 Å². The molecular weight excluding hydrogens is 394 g/mol. The molecule has 1 fully saturated rings. The quantitative estimate of drug-likeness (QED) is 0.644. The summed E-state index contributed by atoms with van der Waals surface area (Å²) in [6.45, 7) is 3.51. The van der Waals surface area contributed by atoms with Crippen LogP contribution in [-0.4, -0.2) is 33.2 Å². The van der Waals surface area contributed by atoms with E-state index in [1.807, 2.05) is 23.9 Å². The lowest BCUT2D eigenvalue weighted by atomic mass is 10.3. The fourth-order valence-corrected chi connectivity index (χ4v) is 4.87. The number of aryl methyl sites for hydroxylation is 1. The van der Waals surface area contributed by atoms with Crippen molar-refractivity contribution in [2.45, 2.75) is 54.9 Å². The van der Waals surface area contributed by atoms with Gasteiger partial charge in [-0.15, -0.1) is 23.5 Å². The normalized spacial score (nSPS) is 15.4. The third-order valence-electron chi connectivity index (χ3n) is 4.46. The molecule has 0 unspecified atom stereocenters. The van der Waals surface area contributed by atoms with Gasteiger partial charge in [0.25, 0.3) is 0 Å². The average Bonchev–Trinajstić information content (AvgIpc) is 3.33. The molecule has 3 rings (SSSR count). The van der Waals surface area contributed by atoms with Gasteiger partial charge >= 0.3 is 0 Å². The Hall–Kier alpha value is -1.93. The van der Waals surface area contributed by atoms with Crippen LogP contribution in [0.3, 0.4) is 0 Å². The van der Waals surface area contributed by atoms with Crippen molar-refractivity contribution in [2.75, 3.05) is 16.4 Å². The van der Waals surface area contributed by atoms with Crippen molar-refractivity contribution in [3.05, 3.63) is 36.1 Å². The zero-order valence-corrected chi connectivity index (χ0v) is 17.7. The zero-order valence-electron chi connectivity index (χ0n) is 16.1. The molecule has 2 amide bonds. The molecule has 1 aliphatic rings. The Kier molecular flexibility index (Phi) is 7.44. The third kappa shape index (κ3) is 6.31. The molecule has 28 heavy (non-hydrogen) atoms. The van der Waals surface area contributed by atoms with Crippen LogP contribution in [0.15, 0.2) is 39.8 Å². The van der Waals surface area contributed by atoms with Crippen molar-refractivity contribution in [3.8, 4) is 0 Å². The van der Waals surface area contributed by atoms with Gasteiger partial charge in [-0.1, -0.05) is 18.0 Å². The van der Waals surface area contributed by atoms with Gasteiger partial charge in [0.2, 0.25) is 11.8 Å². The van der Waals surface area contributed by atoms with Gasteiger partial charge in [0.05, 0.1) is 11.0 Å². The topological polar surface area (TPSA) is 84.2 Å². The van der Waals surface area contributed by atoms with E-state index in [1.165, 1.54) is 42.3 Å². The van der Waals surface area contributed by atoms with Gasteiger partial charge in [-0.25, -0.2) is 0 Å². The summed E-state index contributed by atoms with van der Waals surface area (Å²) in [4.78, 5) is 25.5. The van der Waals surface area contributed by atoms with Crippen molar-refractivity contribution in [3.63, 3.8) is 0 Å². The second-order valence-electron chi connectivity index (χ2n) is 6.86. The highest BCUT2D eigenvalue weighted by Crippen LogP contribution is 2.34. The van der Waals surface area contributed by atoms with E-state index < -0.39 is 0 Å². The molecule has 1 heterocycles. The maximum atomic E-state index is 12.2. The predicted molar refractivity (Wildman–Crippen MR) is 115 cm³/mol. The molecule has 0 bridgehead atoms. The summed E-state index contributed by atoms with van der Waals surface area (Å²) >= 11 is 3.20. The van der Waals surface area contributed by atoms with E-state index in [0.29, 0.717) is 11.6 Å². The number of nitrogens with zero attached hydrogens (tertiary/aromatic N) is 1. The lowest BCUT2D eigenvalue weighted by molar-refractivity contribution is -0.115. The van der Waals surface area contributed by atoms with Gasteiger partial charge in [-0.05, 0) is 51.0 Å². The number of nitrogens with one attached hydrogen (secondary N) is 2. The Morgan fingerprint density at radius 2 is 1.93 bits per heavy atom. The van der Waals surface area contributed by atoms with Gasteiger partial charge in [0, 0.05) is 21.9 Å². The van der Waals surface area contributed by atoms with E-state index in [4.69, 9.17) is 4.52 Å². The monoisotopic (exact) mass is 419 g/mol. The van der Waals surface area contributed by atoms with Crippen LogP contribution < -0.4 is 10.6 Å². The number of anilines is 2. The van der Waals surface area contributed by atoms with Crippen LogP contribution in [-0.2, 0) is 9.59 Å². The van der Waals surface area contributed by atoms with Crippen LogP contribution in [0.25, 0.3) is 0 Å². The maximum Gasteiger partial charge on any atom is 0.238 e. The van der Waals surface area contributed by atoms with E-state index >= 15 is 0 Å². The first-order valence-electron chi connectivity index (χ1n) is 9.42. The van der Waals surface area contributed by atoms with Gasteiger partial charge in [-0.2, -0.15) is 0 Å². The minimum Gasteiger partial charge on any atom is -0.360 e. The molecule has 0 spiro atoms. The first kappa shape index (κ1) is 20.8. The molecule has 0 radical (unpaired) electrons. The van der Waals surface area contributed by atoms with E-state index in [0.717, 1.165) is 10.9 Å². The van der Waals surface area contributed by atoms with Crippen LogP contribution in [0, 0.1) is 6.92 Å². The molecule has 2 N–H and O–H groups in total. The lowest BCUT2D eigenvalue weighted by Gasteiger charge is -2.11. The second kappa shape index (κ2) is 10.0. The van der Waals surface area contributed by atoms with Gasteiger partial charge in [0.1, 0.15) is 5.76 Å². The lowest BCUT2D eigenvalue weighted by Crippen LogP contribution is -2.25. The number of rotatable bonds is 8. The van der Waals surface area contributed by atoms with Crippen molar-refractivity contribution >= 4 is 46.8 Å². The van der Waals surface area contributed by atoms with Gasteiger partial charge in [0.15, 0.2) is 5.82 Å². The van der Waals surface area contributed by atoms with Crippen LogP contribution in [0.1, 0.15) is 38.4 Å². The molecule has 1 aromatic carbocycles. The van der Waals surface area contributed by atoms with Crippen LogP contribution in [0.2, 0.25) is 0 Å². The number of amides is 2. The summed E-state index contributed by atoms with van der Waals surface area (Å²) < 4.78 is 4.92. The molecule has 1 saturated carbocycles. The van der Waals surface area contributed by atoms with Crippen LogP contribution in [0.5, 0.6) is 0 Å². The minimum atomic E-state index is -0.382. The fourth-order valence-electron chi connectivity index (χ4n) is 2.94. The highest BCUT2D eigenvalue weighted by molar-refractivity contribution is 8.01. The predicted octanol–water partition coefficient (Wildman–Crippen LogP) is 4.72. The number of aromatic nitrogens is 1. The Balaban J connectivity index is 1.40. The molecule has 1 aliphatic carbocycles. The van der Waals surface area contributed by atoms with E-state index in [9.17, 15) is 9.59 Å². The van der Waals surface area contributed by atoms with Crippen molar-refractivity contribution in [1.82, 2.24) is 5.16 Å². The van der Waals surface area contributed by atoms with Crippen molar-refractivity contribution in [2.24, 2.45) is 0 Å². The van der Waals surface area contributed by atoms with E-state index in [-0.39, 0.29) is 22.8 Å². The highest BCUT2D eigenvalue weighted by atomic mass is 32.2. The van der Waals surface area contributed by atoms with Crippen molar-refractivity contribution < 1.29 is 14.1 Å².